The first-order valence-corrected chi connectivity index (χ1v) is 11.0. The van der Waals surface area contributed by atoms with E-state index in [0.717, 1.165) is 18.4 Å². The van der Waals surface area contributed by atoms with Crippen molar-refractivity contribution in [1.29, 1.82) is 0 Å². The molecule has 1 heterocycles. The molecule has 1 aliphatic rings. The van der Waals surface area contributed by atoms with Crippen LogP contribution in [0.15, 0.2) is 58.5 Å². The van der Waals surface area contributed by atoms with Crippen molar-refractivity contribution in [3.05, 3.63) is 69.5 Å². The van der Waals surface area contributed by atoms with Crippen molar-refractivity contribution in [2.75, 3.05) is 13.7 Å². The lowest BCUT2D eigenvalue weighted by Gasteiger charge is -2.19. The van der Waals surface area contributed by atoms with Crippen molar-refractivity contribution in [1.82, 2.24) is 14.9 Å². The summed E-state index contributed by atoms with van der Waals surface area (Å²) in [5.41, 5.74) is 1.20. The molecule has 0 saturated heterocycles. The highest BCUT2D eigenvalue weighted by molar-refractivity contribution is 8.00. The average Bonchev–Trinajstić information content (AvgIpc) is 3.56. The van der Waals surface area contributed by atoms with E-state index in [4.69, 9.17) is 21.3 Å². The van der Waals surface area contributed by atoms with E-state index in [1.54, 1.807) is 29.9 Å². The molecule has 0 radical (unpaired) electrons. The molecule has 3 aromatic rings. The van der Waals surface area contributed by atoms with Gasteiger partial charge in [-0.05, 0) is 36.6 Å². The minimum atomic E-state index is -0.524. The first-order valence-electron chi connectivity index (χ1n) is 9.78. The van der Waals surface area contributed by atoms with E-state index in [2.05, 4.69) is 5.32 Å². The quantitative estimate of drug-likeness (QED) is 0.423. The first kappa shape index (κ1) is 20.9. The predicted molar refractivity (Wildman–Crippen MR) is 119 cm³/mol. The third-order valence-electron chi connectivity index (χ3n) is 4.89. The molecule has 1 aliphatic carbocycles. The van der Waals surface area contributed by atoms with Gasteiger partial charge in [-0.25, -0.2) is 4.98 Å². The van der Waals surface area contributed by atoms with Gasteiger partial charge in [0.25, 0.3) is 5.56 Å². The second-order valence-electron chi connectivity index (χ2n) is 7.20. The van der Waals surface area contributed by atoms with E-state index >= 15 is 0 Å². The lowest BCUT2D eigenvalue weighted by Crippen LogP contribution is -2.31. The van der Waals surface area contributed by atoms with Crippen molar-refractivity contribution >= 4 is 40.2 Å². The van der Waals surface area contributed by atoms with E-state index in [0.29, 0.717) is 34.2 Å². The predicted octanol–water partition coefficient (Wildman–Crippen LogP) is 3.81. The molecule has 0 spiro atoms. The van der Waals surface area contributed by atoms with Crippen LogP contribution >= 0.6 is 23.4 Å². The number of thioether (sulfide) groups is 1. The molecule has 2 aromatic carbocycles. The summed E-state index contributed by atoms with van der Waals surface area (Å²) in [5, 5.41) is 4.01. The number of hydrogen-bond acceptors (Lipinski definition) is 5. The third kappa shape index (κ3) is 4.69. The van der Waals surface area contributed by atoms with Crippen LogP contribution in [0.2, 0.25) is 5.02 Å². The summed E-state index contributed by atoms with van der Waals surface area (Å²) >= 11 is 7.40. The Bertz CT molecular complexity index is 1120. The number of methoxy groups -OCH3 is 1. The molecule has 1 fully saturated rings. The summed E-state index contributed by atoms with van der Waals surface area (Å²) in [7, 11) is 1.59. The summed E-state index contributed by atoms with van der Waals surface area (Å²) in [4.78, 5) is 30.9. The number of fused-ring (bicyclic) bond motifs is 1. The van der Waals surface area contributed by atoms with Gasteiger partial charge >= 0.3 is 0 Å². The highest BCUT2D eigenvalue weighted by Crippen LogP contribution is 2.36. The minimum absolute atomic E-state index is 0.0765. The Morgan fingerprint density at radius 3 is 2.77 bits per heavy atom. The van der Waals surface area contributed by atoms with Crippen molar-refractivity contribution in [3.8, 4) is 0 Å². The highest BCUT2D eigenvalue weighted by atomic mass is 35.5. The summed E-state index contributed by atoms with van der Waals surface area (Å²) in [6.07, 6.45) is 2.01. The van der Waals surface area contributed by atoms with Crippen LogP contribution in [0.3, 0.4) is 0 Å². The monoisotopic (exact) mass is 443 g/mol. The van der Waals surface area contributed by atoms with E-state index in [1.165, 1.54) is 11.8 Å². The van der Waals surface area contributed by atoms with Gasteiger partial charge in [-0.2, -0.15) is 0 Å². The van der Waals surface area contributed by atoms with Crippen LogP contribution in [0.5, 0.6) is 0 Å². The van der Waals surface area contributed by atoms with Crippen LogP contribution in [0.1, 0.15) is 23.7 Å². The fraction of sp³-hybridized carbons (Fsp3) is 0.318. The van der Waals surface area contributed by atoms with Crippen LogP contribution in [-0.4, -0.2) is 35.2 Å². The van der Waals surface area contributed by atoms with E-state index in [9.17, 15) is 9.59 Å². The lowest BCUT2D eigenvalue weighted by molar-refractivity contribution is -0.120. The summed E-state index contributed by atoms with van der Waals surface area (Å²) < 4.78 is 6.76. The normalized spacial score (nSPS) is 14.6. The number of ether oxygens (including phenoxy) is 1. The average molecular weight is 444 g/mol. The molecule has 1 unspecified atom stereocenters. The molecule has 8 heteroatoms. The minimum Gasteiger partial charge on any atom is -0.383 e. The van der Waals surface area contributed by atoms with Crippen LogP contribution < -0.4 is 10.9 Å². The first-order chi connectivity index (χ1) is 14.6. The molecular weight excluding hydrogens is 422 g/mol. The molecule has 1 amide bonds. The Labute approximate surface area is 183 Å². The third-order valence-corrected chi connectivity index (χ3v) is 6.37. The van der Waals surface area contributed by atoms with E-state index < -0.39 is 5.25 Å². The van der Waals surface area contributed by atoms with Gasteiger partial charge in [0, 0.05) is 18.2 Å². The van der Waals surface area contributed by atoms with Crippen LogP contribution in [0.25, 0.3) is 10.9 Å². The smallest absolute Gasteiger partial charge is 0.262 e. The number of carbonyl (C=O) groups excluding carboxylic acids is 1. The standard InChI is InChI=1S/C22H22ClN3O3S/c1-29-12-11-26-21(28)17-10-7-15(23)13-18(17)25-22(26)30-19(14-5-3-2-4-6-14)20(27)24-16-8-9-16/h2-7,10,13,16,19H,8-9,11-12H2,1H3,(H,24,27). The van der Waals surface area contributed by atoms with Crippen LogP contribution in [0.4, 0.5) is 0 Å². The van der Waals surface area contributed by atoms with Gasteiger partial charge in [0.05, 0.1) is 24.1 Å². The summed E-state index contributed by atoms with van der Waals surface area (Å²) in [5.74, 6) is -0.0765. The van der Waals surface area contributed by atoms with Crippen molar-refractivity contribution in [3.63, 3.8) is 0 Å². The number of rotatable bonds is 8. The topological polar surface area (TPSA) is 73.2 Å². The SMILES string of the molecule is COCCn1c(SC(C(=O)NC2CC2)c2ccccc2)nc2cc(Cl)ccc2c1=O. The molecule has 4 rings (SSSR count). The maximum absolute atomic E-state index is 13.2. The number of halogens is 1. The second kappa shape index (κ2) is 9.20. The van der Waals surface area contributed by atoms with Gasteiger partial charge in [-0.3, -0.25) is 14.2 Å². The van der Waals surface area contributed by atoms with Crippen LogP contribution in [0, 0.1) is 0 Å². The Balaban J connectivity index is 1.78. The molecular formula is C22H22ClN3O3S. The van der Waals surface area contributed by atoms with Gasteiger partial charge < -0.3 is 10.1 Å². The van der Waals surface area contributed by atoms with Gasteiger partial charge in [0.15, 0.2) is 5.16 Å². The number of amides is 1. The van der Waals surface area contributed by atoms with Gasteiger partial charge in [0.2, 0.25) is 5.91 Å². The number of benzene rings is 2. The van der Waals surface area contributed by atoms with E-state index in [1.807, 2.05) is 30.3 Å². The molecule has 1 N–H and O–H groups in total. The number of nitrogens with zero attached hydrogens (tertiary/aromatic N) is 2. The zero-order valence-electron chi connectivity index (χ0n) is 16.5. The largest absolute Gasteiger partial charge is 0.383 e. The molecule has 1 atom stereocenters. The van der Waals surface area contributed by atoms with Gasteiger partial charge in [0.1, 0.15) is 5.25 Å². The van der Waals surface area contributed by atoms with Gasteiger partial charge in [-0.1, -0.05) is 53.7 Å². The van der Waals surface area contributed by atoms with Gasteiger partial charge in [-0.15, -0.1) is 0 Å². The fourth-order valence-corrected chi connectivity index (χ4v) is 4.45. The number of hydrogen-bond donors (Lipinski definition) is 1. The summed E-state index contributed by atoms with van der Waals surface area (Å²) in [6, 6.07) is 14.8. The maximum atomic E-state index is 13.2. The Kier molecular flexibility index (Phi) is 6.41. The number of aromatic nitrogens is 2. The van der Waals surface area contributed by atoms with Crippen LogP contribution in [-0.2, 0) is 16.1 Å². The molecule has 0 bridgehead atoms. The zero-order chi connectivity index (χ0) is 21.1. The van der Waals surface area contributed by atoms with E-state index in [-0.39, 0.29) is 17.5 Å². The molecule has 0 aliphatic heterocycles. The Morgan fingerprint density at radius 2 is 2.07 bits per heavy atom. The molecule has 1 aromatic heterocycles. The summed E-state index contributed by atoms with van der Waals surface area (Å²) in [6.45, 7) is 0.702. The molecule has 1 saturated carbocycles. The fourth-order valence-electron chi connectivity index (χ4n) is 3.15. The second-order valence-corrected chi connectivity index (χ2v) is 8.71. The zero-order valence-corrected chi connectivity index (χ0v) is 18.1. The Hall–Kier alpha value is -2.35. The lowest BCUT2D eigenvalue weighted by atomic mass is 10.1. The molecule has 156 valence electrons. The van der Waals surface area contributed by atoms with Crippen molar-refractivity contribution in [2.24, 2.45) is 0 Å². The number of nitrogens with one attached hydrogen (secondary N) is 1. The maximum Gasteiger partial charge on any atom is 0.262 e. The van der Waals surface area contributed by atoms with Crippen molar-refractivity contribution in [2.45, 2.75) is 35.8 Å². The molecule has 6 nitrogen and oxygen atoms in total. The molecule has 30 heavy (non-hydrogen) atoms. The number of carbonyl (C=O) groups is 1. The van der Waals surface area contributed by atoms with Crippen molar-refractivity contribution < 1.29 is 9.53 Å². The highest BCUT2D eigenvalue weighted by Gasteiger charge is 2.30. The Morgan fingerprint density at radius 1 is 1.30 bits per heavy atom.